The molecule has 0 heterocycles. The molecule has 2 aliphatic rings. The Morgan fingerprint density at radius 2 is 0.612 bits per heavy atom. The van der Waals surface area contributed by atoms with Gasteiger partial charge in [0.2, 0.25) is 0 Å². The minimum Gasteiger partial charge on any atom is -1.00 e. The zero-order valence-electron chi connectivity index (χ0n) is 38.7. The van der Waals surface area contributed by atoms with Crippen molar-refractivity contribution in [2.75, 3.05) is 0 Å². The van der Waals surface area contributed by atoms with E-state index in [1.54, 1.807) is 0 Å². The van der Waals surface area contributed by atoms with E-state index in [0.29, 0.717) is 7.35 Å². The third-order valence-electron chi connectivity index (χ3n) is 14.5. The first-order valence-corrected chi connectivity index (χ1v) is 27.3. The molecular formula is C64H50Cl2Hf. The first-order chi connectivity index (χ1) is 31.7. The summed E-state index contributed by atoms with van der Waals surface area (Å²) in [7, 11) is 0. The minimum atomic E-state index is -1.77. The number of rotatable bonds is 6. The van der Waals surface area contributed by atoms with E-state index >= 15 is 0 Å². The molecule has 10 aromatic rings. The number of halogens is 2. The van der Waals surface area contributed by atoms with Crippen molar-refractivity contribution in [2.24, 2.45) is 0 Å². The van der Waals surface area contributed by atoms with Crippen LogP contribution in [-0.2, 0) is 22.9 Å². The first kappa shape index (κ1) is 45.0. The minimum absolute atomic E-state index is 0. The predicted octanol–water partition coefficient (Wildman–Crippen LogP) is 11.4. The van der Waals surface area contributed by atoms with Gasteiger partial charge in [-0.15, -0.1) is 0 Å². The van der Waals surface area contributed by atoms with Crippen molar-refractivity contribution < 1.29 is 47.7 Å². The summed E-state index contributed by atoms with van der Waals surface area (Å²) in [5, 5.41) is 5.19. The second-order valence-corrected chi connectivity index (χ2v) is 24.2. The van der Waals surface area contributed by atoms with Gasteiger partial charge in [-0.2, -0.15) is 0 Å². The molecule has 67 heavy (non-hydrogen) atoms. The molecule has 12 rings (SSSR count). The summed E-state index contributed by atoms with van der Waals surface area (Å²) in [6, 6.07) is 70.5. The topological polar surface area (TPSA) is 0 Å². The Kier molecular flexibility index (Phi) is 11.9. The smallest absolute Gasteiger partial charge is 1.00 e. The van der Waals surface area contributed by atoms with Gasteiger partial charge in [-0.05, 0) is 0 Å². The molecule has 0 unspecified atom stereocenters. The van der Waals surface area contributed by atoms with Crippen LogP contribution in [0.4, 0.5) is 0 Å². The monoisotopic (exact) mass is 1070 g/mol. The summed E-state index contributed by atoms with van der Waals surface area (Å²) in [6.07, 6.45) is 0. The van der Waals surface area contributed by atoms with E-state index in [2.05, 4.69) is 224 Å². The quantitative estimate of drug-likeness (QED) is 0.146. The van der Waals surface area contributed by atoms with Crippen molar-refractivity contribution in [1.82, 2.24) is 0 Å². The van der Waals surface area contributed by atoms with Crippen LogP contribution >= 0.6 is 0 Å². The number of benzene rings is 10. The van der Waals surface area contributed by atoms with Crippen LogP contribution < -0.4 is 24.8 Å². The number of fused-ring (bicyclic) bond motifs is 8. The van der Waals surface area contributed by atoms with E-state index in [9.17, 15) is 0 Å². The van der Waals surface area contributed by atoms with Gasteiger partial charge >= 0.3 is 398 Å². The average molecular weight is 1070 g/mol. The van der Waals surface area contributed by atoms with Crippen molar-refractivity contribution in [3.8, 4) is 66.8 Å². The van der Waals surface area contributed by atoms with Gasteiger partial charge in [0, 0.05) is 0 Å². The van der Waals surface area contributed by atoms with Gasteiger partial charge in [0.05, 0.1) is 0 Å². The zero-order chi connectivity index (χ0) is 44.1. The van der Waals surface area contributed by atoms with Crippen LogP contribution in [0.15, 0.2) is 182 Å². The van der Waals surface area contributed by atoms with E-state index in [4.69, 9.17) is 0 Å². The fourth-order valence-corrected chi connectivity index (χ4v) is 19.1. The molecule has 0 radical (unpaired) electrons. The Morgan fingerprint density at radius 1 is 0.299 bits per heavy atom. The van der Waals surface area contributed by atoms with E-state index in [-0.39, 0.29) is 24.8 Å². The van der Waals surface area contributed by atoms with Crippen LogP contribution in [0.2, 0.25) is 0 Å². The normalized spacial score (nSPS) is 12.5. The molecule has 0 N–H and O–H groups in total. The number of aryl methyl sites for hydroxylation is 6. The molecule has 0 nitrogen and oxygen atoms in total. The maximum Gasteiger partial charge on any atom is -1.00 e. The molecule has 324 valence electrons. The molecule has 0 spiro atoms. The standard InChI is InChI=1S/C33H21.C31H29.2ClH.Hf/c1-3-11-28-22(7-1)9-5-13-30(28)24-15-17-32-26(19-24)21-27-20-25(16-18-33(27)32)31-14-6-10-23-8-2-4-12-29(23)31;1-18-11-20(3)30(21(4)12-18)24-7-9-28-26(15-24)17-27-16-25(8-10-29(27)28)31-22(5)13-19(2)14-23(31)6;;;/h1-21H;7-17H,1-6H3;2*1H;/q;;;;+2/p-2. The second-order valence-electron chi connectivity index (χ2n) is 18.8. The molecule has 0 saturated carbocycles. The summed E-state index contributed by atoms with van der Waals surface area (Å²) >= 11 is -1.77. The number of hydrogen-bond acceptors (Lipinski definition) is 0. The van der Waals surface area contributed by atoms with E-state index in [1.165, 1.54) is 144 Å². The molecule has 10 aromatic carbocycles. The maximum atomic E-state index is 2.61. The third kappa shape index (κ3) is 7.55. The maximum absolute atomic E-state index is 2.61. The molecule has 0 bridgehead atoms. The van der Waals surface area contributed by atoms with Gasteiger partial charge in [0.15, 0.2) is 0 Å². The van der Waals surface area contributed by atoms with E-state index in [1.807, 2.05) is 0 Å². The van der Waals surface area contributed by atoms with Gasteiger partial charge in [0.25, 0.3) is 0 Å². The largest absolute Gasteiger partial charge is 1.00 e. The summed E-state index contributed by atoms with van der Waals surface area (Å²) < 4.78 is 0.745. The molecule has 3 heteroatoms. The van der Waals surface area contributed by atoms with Crippen LogP contribution in [0.1, 0.15) is 63.0 Å². The Morgan fingerprint density at radius 3 is 0.985 bits per heavy atom. The molecule has 2 aliphatic carbocycles. The first-order valence-electron chi connectivity index (χ1n) is 23.1. The molecular weight excluding hydrogens is 1020 g/mol. The van der Waals surface area contributed by atoms with Crippen LogP contribution in [0.5, 0.6) is 0 Å². The Bertz CT molecular complexity index is 3320. The van der Waals surface area contributed by atoms with Crippen molar-refractivity contribution in [3.05, 3.63) is 238 Å². The second kappa shape index (κ2) is 17.7. The molecule has 0 atom stereocenters. The van der Waals surface area contributed by atoms with Crippen LogP contribution in [0.25, 0.3) is 88.3 Å². The fraction of sp³-hybridized carbons (Fsp3) is 0.125. The average Bonchev–Trinajstić information content (AvgIpc) is 3.78. The third-order valence-corrected chi connectivity index (χ3v) is 21.4. The summed E-state index contributed by atoms with van der Waals surface area (Å²) in [5.74, 6) is 0. The van der Waals surface area contributed by atoms with Crippen molar-refractivity contribution in [2.45, 2.75) is 48.9 Å². The van der Waals surface area contributed by atoms with Crippen molar-refractivity contribution in [3.63, 3.8) is 0 Å². The van der Waals surface area contributed by atoms with Gasteiger partial charge in [-0.3, -0.25) is 0 Å². The van der Waals surface area contributed by atoms with E-state index in [0.717, 1.165) is 0 Å². The molecule has 0 aliphatic heterocycles. The van der Waals surface area contributed by atoms with Crippen molar-refractivity contribution >= 4 is 21.5 Å². The van der Waals surface area contributed by atoms with Gasteiger partial charge in [-0.25, -0.2) is 0 Å². The fourth-order valence-electron chi connectivity index (χ4n) is 11.9. The van der Waals surface area contributed by atoms with Gasteiger partial charge < -0.3 is 24.8 Å². The van der Waals surface area contributed by atoms with Crippen LogP contribution in [0, 0.1) is 41.5 Å². The molecule has 0 fully saturated rings. The van der Waals surface area contributed by atoms with Crippen LogP contribution in [-0.4, -0.2) is 0 Å². The SMILES string of the molecule is Cc1cc(C)c(-c2ccc3c(c2)[CH]([Hf+2][CH]2c4cc(-c5cccc6ccccc56)ccc4-c4ccc(-c5cccc6ccccc56)cc42)c2cc(-c4c(C)cc(C)cc4C)ccc2-3)c(C)c1.[Cl-].[Cl-]. The Labute approximate surface area is 419 Å². The Hall–Kier alpha value is -5.83. The molecule has 0 aromatic heterocycles. The number of hydrogen-bond donors (Lipinski definition) is 0. The van der Waals surface area contributed by atoms with Gasteiger partial charge in [0.1, 0.15) is 0 Å². The molecule has 0 saturated heterocycles. The predicted molar refractivity (Wildman–Crippen MR) is 273 cm³/mol. The van der Waals surface area contributed by atoms with Crippen LogP contribution in [0.3, 0.4) is 0 Å². The summed E-state index contributed by atoms with van der Waals surface area (Å²) in [6.45, 7) is 13.6. The van der Waals surface area contributed by atoms with Gasteiger partial charge in [-0.1, -0.05) is 0 Å². The van der Waals surface area contributed by atoms with Crippen molar-refractivity contribution in [1.29, 1.82) is 0 Å². The Balaban J connectivity index is 0.00000263. The molecule has 0 amide bonds. The summed E-state index contributed by atoms with van der Waals surface area (Å²) in [4.78, 5) is 0. The zero-order valence-corrected chi connectivity index (χ0v) is 43.8. The summed E-state index contributed by atoms with van der Waals surface area (Å²) in [5.41, 5.74) is 30.5. The van der Waals surface area contributed by atoms with E-state index < -0.39 is 22.9 Å².